The Morgan fingerprint density at radius 2 is 1.64 bits per heavy atom. The molecule has 0 atom stereocenters. The Kier molecular flexibility index (Phi) is 7.49. The second-order valence-electron chi connectivity index (χ2n) is 8.17. The average Bonchev–Trinajstić information content (AvgIpc) is 3.25. The number of benzene rings is 3. The molecule has 0 aliphatic carbocycles. The minimum absolute atomic E-state index is 0.117. The molecule has 0 saturated heterocycles. The van der Waals surface area contributed by atoms with Crippen molar-refractivity contribution in [1.29, 1.82) is 0 Å². The van der Waals surface area contributed by atoms with Gasteiger partial charge in [0.15, 0.2) is 0 Å². The molecule has 6 nitrogen and oxygen atoms in total. The van der Waals surface area contributed by atoms with Gasteiger partial charge in [0, 0.05) is 22.5 Å². The molecule has 0 unspecified atom stereocenters. The highest BCUT2D eigenvalue weighted by atomic mass is 19.1. The van der Waals surface area contributed by atoms with Crippen molar-refractivity contribution >= 4 is 11.7 Å². The fourth-order valence-electron chi connectivity index (χ4n) is 4.07. The SMILES string of the molecule is COC(=O)c1ccccc1CO/N=C(/C)c1cc(-c2ccc(F)cc2)n(-c2ccc(OC)cc2)c1C. The molecule has 7 heteroatoms. The summed E-state index contributed by atoms with van der Waals surface area (Å²) < 4.78 is 25.9. The normalized spacial score (nSPS) is 11.3. The summed E-state index contributed by atoms with van der Waals surface area (Å²) >= 11 is 0. The van der Waals surface area contributed by atoms with Crippen molar-refractivity contribution in [2.75, 3.05) is 14.2 Å². The summed E-state index contributed by atoms with van der Waals surface area (Å²) in [7, 11) is 2.97. The number of ether oxygens (including phenoxy) is 2. The number of hydrogen-bond donors (Lipinski definition) is 0. The van der Waals surface area contributed by atoms with Crippen molar-refractivity contribution in [3.05, 3.63) is 107 Å². The van der Waals surface area contributed by atoms with Crippen LogP contribution in [-0.4, -0.2) is 30.5 Å². The second-order valence-corrected chi connectivity index (χ2v) is 8.17. The Labute approximate surface area is 209 Å². The van der Waals surface area contributed by atoms with Gasteiger partial charge in [-0.15, -0.1) is 0 Å². The molecule has 0 radical (unpaired) electrons. The molecule has 0 N–H and O–H groups in total. The van der Waals surface area contributed by atoms with E-state index in [1.807, 2.05) is 50.2 Å². The predicted octanol–water partition coefficient (Wildman–Crippen LogP) is 6.33. The van der Waals surface area contributed by atoms with Gasteiger partial charge in [-0.3, -0.25) is 0 Å². The number of oxime groups is 1. The van der Waals surface area contributed by atoms with Gasteiger partial charge in [-0.2, -0.15) is 0 Å². The number of carbonyl (C=O) groups excluding carboxylic acids is 1. The Morgan fingerprint density at radius 1 is 0.944 bits per heavy atom. The Hall–Kier alpha value is -4.39. The third-order valence-corrected chi connectivity index (χ3v) is 5.95. The van der Waals surface area contributed by atoms with Crippen LogP contribution < -0.4 is 4.74 Å². The van der Waals surface area contributed by atoms with Gasteiger partial charge in [0.05, 0.1) is 31.2 Å². The van der Waals surface area contributed by atoms with Crippen molar-refractivity contribution in [1.82, 2.24) is 4.57 Å². The highest BCUT2D eigenvalue weighted by Gasteiger charge is 2.18. The molecule has 0 aliphatic rings. The summed E-state index contributed by atoms with van der Waals surface area (Å²) in [5.41, 5.74) is 6.29. The highest BCUT2D eigenvalue weighted by Crippen LogP contribution is 2.31. The van der Waals surface area contributed by atoms with Gasteiger partial charge in [0.1, 0.15) is 18.2 Å². The van der Waals surface area contributed by atoms with Crippen LogP contribution >= 0.6 is 0 Å². The highest BCUT2D eigenvalue weighted by molar-refractivity contribution is 6.01. The standard InChI is InChI=1S/C29H27FN2O4/c1-19(31-36-18-22-7-5-6-8-26(22)29(33)35-4)27-17-28(21-9-11-23(30)12-10-21)32(20(27)2)24-13-15-25(34-3)16-14-24/h5-17H,18H2,1-4H3/b31-19-. The number of esters is 1. The van der Waals surface area contributed by atoms with Crippen LogP contribution in [0, 0.1) is 12.7 Å². The molecule has 0 spiro atoms. The lowest BCUT2D eigenvalue weighted by Gasteiger charge is -2.13. The Bertz CT molecular complexity index is 1390. The number of halogens is 1. The molecular weight excluding hydrogens is 459 g/mol. The van der Waals surface area contributed by atoms with E-state index in [1.54, 1.807) is 37.4 Å². The summed E-state index contributed by atoms with van der Waals surface area (Å²) in [5.74, 6) is 0.0355. The molecule has 1 heterocycles. The fourth-order valence-corrected chi connectivity index (χ4v) is 4.07. The van der Waals surface area contributed by atoms with Crippen LogP contribution in [0.1, 0.15) is 34.1 Å². The zero-order valence-electron chi connectivity index (χ0n) is 20.6. The zero-order valence-corrected chi connectivity index (χ0v) is 20.6. The maximum absolute atomic E-state index is 13.6. The molecule has 0 fully saturated rings. The lowest BCUT2D eigenvalue weighted by molar-refractivity contribution is 0.0593. The number of rotatable bonds is 8. The van der Waals surface area contributed by atoms with Gasteiger partial charge in [-0.25, -0.2) is 9.18 Å². The Morgan fingerprint density at radius 3 is 2.31 bits per heavy atom. The number of carbonyl (C=O) groups is 1. The van der Waals surface area contributed by atoms with E-state index in [4.69, 9.17) is 14.3 Å². The lowest BCUT2D eigenvalue weighted by atomic mass is 10.1. The van der Waals surface area contributed by atoms with Crippen LogP contribution in [0.15, 0.2) is 84.0 Å². The maximum atomic E-state index is 13.6. The number of aromatic nitrogens is 1. The largest absolute Gasteiger partial charge is 0.497 e. The van der Waals surface area contributed by atoms with E-state index in [9.17, 15) is 9.18 Å². The van der Waals surface area contributed by atoms with E-state index in [-0.39, 0.29) is 12.4 Å². The van der Waals surface area contributed by atoms with E-state index < -0.39 is 5.97 Å². The summed E-state index contributed by atoms with van der Waals surface area (Å²) in [6.45, 7) is 3.98. The molecule has 0 amide bonds. The Balaban J connectivity index is 1.69. The van der Waals surface area contributed by atoms with Gasteiger partial charge in [-0.1, -0.05) is 23.4 Å². The van der Waals surface area contributed by atoms with E-state index in [0.29, 0.717) is 16.8 Å². The third kappa shape index (κ3) is 5.15. The molecule has 4 rings (SSSR count). The maximum Gasteiger partial charge on any atom is 0.338 e. The van der Waals surface area contributed by atoms with Crippen LogP contribution in [0.4, 0.5) is 4.39 Å². The minimum atomic E-state index is -0.425. The van der Waals surface area contributed by atoms with Gasteiger partial charge in [0.2, 0.25) is 0 Å². The summed E-state index contributed by atoms with van der Waals surface area (Å²) in [6.07, 6.45) is 0. The quantitative estimate of drug-likeness (QED) is 0.166. The first-order valence-corrected chi connectivity index (χ1v) is 11.4. The molecule has 0 aliphatic heterocycles. The van der Waals surface area contributed by atoms with Crippen molar-refractivity contribution in [3.8, 4) is 22.7 Å². The molecule has 0 saturated carbocycles. The first-order chi connectivity index (χ1) is 17.4. The van der Waals surface area contributed by atoms with Crippen LogP contribution in [-0.2, 0) is 16.2 Å². The van der Waals surface area contributed by atoms with Crippen molar-refractivity contribution in [3.63, 3.8) is 0 Å². The zero-order chi connectivity index (χ0) is 25.7. The van der Waals surface area contributed by atoms with Crippen molar-refractivity contribution < 1.29 is 23.5 Å². The molecule has 184 valence electrons. The summed E-state index contributed by atoms with van der Waals surface area (Å²) in [4.78, 5) is 17.7. The van der Waals surface area contributed by atoms with Gasteiger partial charge in [0.25, 0.3) is 0 Å². The molecule has 3 aromatic carbocycles. The number of nitrogens with zero attached hydrogens (tertiary/aromatic N) is 2. The van der Waals surface area contributed by atoms with E-state index in [2.05, 4.69) is 9.72 Å². The topological polar surface area (TPSA) is 62.0 Å². The van der Waals surface area contributed by atoms with Gasteiger partial charge < -0.3 is 18.9 Å². The van der Waals surface area contributed by atoms with Crippen LogP contribution in [0.3, 0.4) is 0 Å². The molecular formula is C29H27FN2O4. The lowest BCUT2D eigenvalue weighted by Crippen LogP contribution is -2.06. The first-order valence-electron chi connectivity index (χ1n) is 11.4. The molecule has 4 aromatic rings. The third-order valence-electron chi connectivity index (χ3n) is 5.95. The van der Waals surface area contributed by atoms with Crippen LogP contribution in [0.25, 0.3) is 16.9 Å². The van der Waals surface area contributed by atoms with Crippen LogP contribution in [0.5, 0.6) is 5.75 Å². The minimum Gasteiger partial charge on any atom is -0.497 e. The van der Waals surface area contributed by atoms with Crippen LogP contribution in [0.2, 0.25) is 0 Å². The first kappa shape index (κ1) is 24.7. The molecule has 36 heavy (non-hydrogen) atoms. The molecule has 0 bridgehead atoms. The van der Waals surface area contributed by atoms with Crippen molar-refractivity contribution in [2.45, 2.75) is 20.5 Å². The van der Waals surface area contributed by atoms with E-state index in [1.165, 1.54) is 19.2 Å². The predicted molar refractivity (Wildman–Crippen MR) is 137 cm³/mol. The monoisotopic (exact) mass is 486 g/mol. The van der Waals surface area contributed by atoms with Crippen molar-refractivity contribution in [2.24, 2.45) is 5.16 Å². The molecule has 1 aromatic heterocycles. The fraction of sp³-hybridized carbons (Fsp3) is 0.172. The summed E-state index contributed by atoms with van der Waals surface area (Å²) in [6, 6.07) is 23.2. The number of hydrogen-bond acceptors (Lipinski definition) is 5. The van der Waals surface area contributed by atoms with E-state index >= 15 is 0 Å². The van der Waals surface area contributed by atoms with E-state index in [0.717, 1.165) is 34.0 Å². The van der Waals surface area contributed by atoms with Gasteiger partial charge in [-0.05, 0) is 80.1 Å². The van der Waals surface area contributed by atoms with Gasteiger partial charge >= 0.3 is 5.97 Å². The average molecular weight is 487 g/mol. The number of methoxy groups -OCH3 is 2. The smallest absolute Gasteiger partial charge is 0.338 e. The second kappa shape index (κ2) is 10.9. The summed E-state index contributed by atoms with van der Waals surface area (Å²) in [5, 5.41) is 4.33.